The average molecular weight is 206 g/mol. The van der Waals surface area contributed by atoms with Gasteiger partial charge >= 0.3 is 0 Å². The lowest BCUT2D eigenvalue weighted by molar-refractivity contribution is 0.764. The number of rotatable bonds is 4. The molecule has 0 bridgehead atoms. The van der Waals surface area contributed by atoms with Crippen LogP contribution in [0.4, 0.5) is 11.4 Å². The molecule has 0 aliphatic rings. The number of benzene rings is 1. The zero-order valence-corrected chi connectivity index (χ0v) is 10.5. The fourth-order valence-electron chi connectivity index (χ4n) is 1.63. The Morgan fingerprint density at radius 3 is 2.47 bits per heavy atom. The second-order valence-electron chi connectivity index (χ2n) is 4.35. The maximum absolute atomic E-state index is 3.48. The van der Waals surface area contributed by atoms with Gasteiger partial charge in [0.25, 0.3) is 0 Å². The molecule has 84 valence electrons. The number of nitrogens with one attached hydrogen (secondary N) is 1. The van der Waals surface area contributed by atoms with Crippen LogP contribution in [0.5, 0.6) is 0 Å². The van der Waals surface area contributed by atoms with E-state index in [1.165, 1.54) is 16.9 Å². The van der Waals surface area contributed by atoms with E-state index in [9.17, 15) is 0 Å². The molecule has 1 rings (SSSR count). The fourth-order valence-corrected chi connectivity index (χ4v) is 1.63. The normalized spacial score (nSPS) is 12.3. The van der Waals surface area contributed by atoms with Crippen molar-refractivity contribution >= 4 is 11.4 Å². The topological polar surface area (TPSA) is 15.3 Å². The van der Waals surface area contributed by atoms with Crippen LogP contribution in [-0.2, 0) is 0 Å². The van der Waals surface area contributed by atoms with Gasteiger partial charge in [-0.3, -0.25) is 0 Å². The summed E-state index contributed by atoms with van der Waals surface area (Å²) in [6.07, 6.45) is 1.15. The van der Waals surface area contributed by atoms with Gasteiger partial charge in [0.2, 0.25) is 0 Å². The van der Waals surface area contributed by atoms with Crippen molar-refractivity contribution in [2.24, 2.45) is 0 Å². The van der Waals surface area contributed by atoms with Crippen LogP contribution in [0.2, 0.25) is 0 Å². The number of anilines is 2. The molecule has 0 saturated carbocycles. The second-order valence-corrected chi connectivity index (χ2v) is 4.35. The summed E-state index contributed by atoms with van der Waals surface area (Å²) in [7, 11) is 4.15. The van der Waals surface area contributed by atoms with Crippen molar-refractivity contribution in [2.75, 3.05) is 24.3 Å². The first-order valence-electron chi connectivity index (χ1n) is 5.59. The van der Waals surface area contributed by atoms with Crippen LogP contribution in [0.15, 0.2) is 18.2 Å². The lowest BCUT2D eigenvalue weighted by Crippen LogP contribution is -2.14. The van der Waals surface area contributed by atoms with Gasteiger partial charge in [-0.05, 0) is 44.0 Å². The van der Waals surface area contributed by atoms with E-state index in [-0.39, 0.29) is 0 Å². The van der Waals surface area contributed by atoms with Gasteiger partial charge < -0.3 is 10.2 Å². The summed E-state index contributed by atoms with van der Waals surface area (Å²) in [5, 5.41) is 3.48. The fraction of sp³-hybridized carbons (Fsp3) is 0.538. The van der Waals surface area contributed by atoms with Gasteiger partial charge in [0.15, 0.2) is 0 Å². The van der Waals surface area contributed by atoms with E-state index in [1.54, 1.807) is 0 Å². The van der Waals surface area contributed by atoms with Crippen molar-refractivity contribution in [3.05, 3.63) is 23.8 Å². The Kier molecular flexibility index (Phi) is 4.01. The standard InChI is InChI=1S/C13H22N2/c1-6-11(3)14-12-7-8-13(15(4)5)10(2)9-12/h7-9,11,14H,6H2,1-5H3. The molecule has 0 aliphatic carbocycles. The molecule has 0 amide bonds. The molecule has 0 aromatic heterocycles. The van der Waals surface area contributed by atoms with E-state index in [0.29, 0.717) is 6.04 Å². The lowest BCUT2D eigenvalue weighted by Gasteiger charge is -2.18. The Morgan fingerprint density at radius 2 is 2.00 bits per heavy atom. The quantitative estimate of drug-likeness (QED) is 0.813. The van der Waals surface area contributed by atoms with Crippen LogP contribution < -0.4 is 10.2 Å². The third kappa shape index (κ3) is 3.15. The minimum absolute atomic E-state index is 0.537. The highest BCUT2D eigenvalue weighted by atomic mass is 15.1. The molecule has 0 spiro atoms. The maximum atomic E-state index is 3.48. The SMILES string of the molecule is CCC(C)Nc1ccc(N(C)C)c(C)c1. The number of aryl methyl sites for hydroxylation is 1. The van der Waals surface area contributed by atoms with Crippen LogP contribution in [0, 0.1) is 6.92 Å². The third-order valence-corrected chi connectivity index (χ3v) is 2.70. The van der Waals surface area contributed by atoms with Gasteiger partial charge in [-0.1, -0.05) is 6.92 Å². The molecule has 0 saturated heterocycles. The van der Waals surface area contributed by atoms with E-state index in [1.807, 2.05) is 0 Å². The summed E-state index contributed by atoms with van der Waals surface area (Å²) in [5.41, 5.74) is 3.81. The summed E-state index contributed by atoms with van der Waals surface area (Å²) >= 11 is 0. The minimum Gasteiger partial charge on any atom is -0.383 e. The lowest BCUT2D eigenvalue weighted by atomic mass is 10.1. The Hall–Kier alpha value is -1.18. The van der Waals surface area contributed by atoms with Gasteiger partial charge in [-0.25, -0.2) is 0 Å². The molecule has 15 heavy (non-hydrogen) atoms. The molecule has 0 radical (unpaired) electrons. The molecule has 1 aromatic rings. The third-order valence-electron chi connectivity index (χ3n) is 2.70. The van der Waals surface area contributed by atoms with Crippen LogP contribution in [-0.4, -0.2) is 20.1 Å². The largest absolute Gasteiger partial charge is 0.383 e. The molecule has 0 fully saturated rings. The molecule has 0 heterocycles. The van der Waals surface area contributed by atoms with Gasteiger partial charge in [-0.15, -0.1) is 0 Å². The molecule has 1 atom stereocenters. The van der Waals surface area contributed by atoms with E-state index in [0.717, 1.165) is 6.42 Å². The van der Waals surface area contributed by atoms with Gasteiger partial charge in [0.1, 0.15) is 0 Å². The molecule has 1 aromatic carbocycles. The Balaban J connectivity index is 2.82. The van der Waals surface area contributed by atoms with Gasteiger partial charge in [-0.2, -0.15) is 0 Å². The first kappa shape index (κ1) is 11.9. The summed E-state index contributed by atoms with van der Waals surface area (Å²) in [6, 6.07) is 7.06. The minimum atomic E-state index is 0.537. The monoisotopic (exact) mass is 206 g/mol. The Bertz CT molecular complexity index is 318. The summed E-state index contributed by atoms with van der Waals surface area (Å²) in [4.78, 5) is 2.14. The van der Waals surface area contributed by atoms with Crippen molar-refractivity contribution in [2.45, 2.75) is 33.2 Å². The first-order chi connectivity index (χ1) is 7.04. The molecule has 1 unspecified atom stereocenters. The van der Waals surface area contributed by atoms with Gasteiger partial charge in [0.05, 0.1) is 0 Å². The molecular formula is C13H22N2. The molecule has 2 nitrogen and oxygen atoms in total. The Labute approximate surface area is 93.3 Å². The molecular weight excluding hydrogens is 184 g/mol. The van der Waals surface area contributed by atoms with Crippen molar-refractivity contribution in [1.29, 1.82) is 0 Å². The maximum Gasteiger partial charge on any atom is 0.0392 e. The summed E-state index contributed by atoms with van der Waals surface area (Å²) < 4.78 is 0. The highest BCUT2D eigenvalue weighted by Crippen LogP contribution is 2.22. The van der Waals surface area contributed by atoms with E-state index < -0.39 is 0 Å². The van der Waals surface area contributed by atoms with Crippen LogP contribution >= 0.6 is 0 Å². The predicted molar refractivity (Wildman–Crippen MR) is 68.9 cm³/mol. The van der Waals surface area contributed by atoms with Crippen LogP contribution in [0.25, 0.3) is 0 Å². The number of nitrogens with zero attached hydrogens (tertiary/aromatic N) is 1. The average Bonchev–Trinajstić information content (AvgIpc) is 2.17. The van der Waals surface area contributed by atoms with Crippen molar-refractivity contribution in [3.8, 4) is 0 Å². The first-order valence-corrected chi connectivity index (χ1v) is 5.59. The van der Waals surface area contributed by atoms with Crippen LogP contribution in [0.3, 0.4) is 0 Å². The molecule has 0 aliphatic heterocycles. The van der Waals surface area contributed by atoms with Crippen molar-refractivity contribution < 1.29 is 0 Å². The van der Waals surface area contributed by atoms with Crippen LogP contribution in [0.1, 0.15) is 25.8 Å². The number of hydrogen-bond acceptors (Lipinski definition) is 2. The van der Waals surface area contributed by atoms with Gasteiger partial charge in [0, 0.05) is 31.5 Å². The van der Waals surface area contributed by atoms with E-state index >= 15 is 0 Å². The zero-order chi connectivity index (χ0) is 11.4. The Morgan fingerprint density at radius 1 is 1.33 bits per heavy atom. The highest BCUT2D eigenvalue weighted by molar-refractivity contribution is 5.60. The van der Waals surface area contributed by atoms with Crippen molar-refractivity contribution in [3.63, 3.8) is 0 Å². The summed E-state index contributed by atoms with van der Waals surface area (Å²) in [6.45, 7) is 6.55. The number of hydrogen-bond donors (Lipinski definition) is 1. The summed E-state index contributed by atoms with van der Waals surface area (Å²) in [5.74, 6) is 0. The van der Waals surface area contributed by atoms with E-state index in [4.69, 9.17) is 0 Å². The second kappa shape index (κ2) is 5.06. The molecule has 2 heteroatoms. The molecule has 1 N–H and O–H groups in total. The zero-order valence-electron chi connectivity index (χ0n) is 10.5. The van der Waals surface area contributed by atoms with Crippen molar-refractivity contribution in [1.82, 2.24) is 0 Å². The highest BCUT2D eigenvalue weighted by Gasteiger charge is 2.03. The smallest absolute Gasteiger partial charge is 0.0392 e. The predicted octanol–water partition coefficient (Wildman–Crippen LogP) is 3.27. The van der Waals surface area contributed by atoms with E-state index in [2.05, 4.69) is 63.3 Å².